The molecular weight excluding hydrogens is 366 g/mol. The molecule has 1 aliphatic heterocycles. The smallest absolute Gasteiger partial charge is 0.408 e. The molecule has 0 aromatic rings. The summed E-state index contributed by atoms with van der Waals surface area (Å²) in [5.74, 6) is 0. The quantitative estimate of drug-likeness (QED) is 0.633. The first-order valence-corrected chi connectivity index (χ1v) is 12.6. The number of alkyl carbamates (subject to hydrolysis) is 1. The van der Waals surface area contributed by atoms with E-state index in [0.717, 1.165) is 0 Å². The zero-order valence-electron chi connectivity index (χ0n) is 18.3. The molecule has 0 bridgehead atoms. The molecule has 0 aliphatic carbocycles. The maximum Gasteiger partial charge on any atom is 0.408 e. The highest BCUT2D eigenvalue weighted by molar-refractivity contribution is 6.74. The molecule has 7 nitrogen and oxygen atoms in total. The molecule has 27 heavy (non-hydrogen) atoms. The van der Waals surface area contributed by atoms with Crippen LogP contribution in [0.5, 0.6) is 0 Å². The first kappa shape index (κ1) is 24.4. The summed E-state index contributed by atoms with van der Waals surface area (Å²) in [4.78, 5) is 12.1. The largest absolute Gasteiger partial charge is 0.444 e. The van der Waals surface area contributed by atoms with Gasteiger partial charge in [0.1, 0.15) is 5.60 Å². The van der Waals surface area contributed by atoms with Gasteiger partial charge in [-0.1, -0.05) is 20.8 Å². The molecule has 1 saturated heterocycles. The van der Waals surface area contributed by atoms with E-state index in [-0.39, 0.29) is 36.5 Å². The van der Waals surface area contributed by atoms with Crippen LogP contribution in [0.1, 0.15) is 48.0 Å². The number of carbonyl (C=O) groups is 1. The summed E-state index contributed by atoms with van der Waals surface area (Å²) in [5, 5.41) is 12.1. The summed E-state index contributed by atoms with van der Waals surface area (Å²) in [6.45, 7) is 17.5. The van der Waals surface area contributed by atoms with E-state index >= 15 is 0 Å². The topological polar surface area (TPSA) is 86.3 Å². The number of nitrogens with one attached hydrogen (secondary N) is 1. The van der Waals surface area contributed by atoms with Crippen molar-refractivity contribution in [1.29, 1.82) is 0 Å². The van der Waals surface area contributed by atoms with E-state index in [0.29, 0.717) is 19.6 Å². The molecule has 3 atom stereocenters. The van der Waals surface area contributed by atoms with Crippen molar-refractivity contribution in [2.45, 2.75) is 89.9 Å². The molecule has 0 aromatic carbocycles. The van der Waals surface area contributed by atoms with Crippen molar-refractivity contribution in [1.82, 2.24) is 5.32 Å². The van der Waals surface area contributed by atoms with Crippen molar-refractivity contribution >= 4 is 14.4 Å². The van der Waals surface area contributed by atoms with E-state index in [1.54, 1.807) is 0 Å². The van der Waals surface area contributed by atoms with Gasteiger partial charge in [0.25, 0.3) is 0 Å². The summed E-state index contributed by atoms with van der Waals surface area (Å²) in [6.07, 6.45) is -0.259. The number of amides is 1. The van der Waals surface area contributed by atoms with E-state index in [4.69, 9.17) is 23.7 Å². The molecular formula is C19H39NO6Si. The number of ether oxygens (including phenoxy) is 3. The lowest BCUT2D eigenvalue weighted by Gasteiger charge is -2.40. The Labute approximate surface area is 165 Å². The number of aliphatic hydroxyl groups is 1. The molecule has 1 heterocycles. The SMILES string of the molecule is CC(C)(C)OC(=O)N[C@H]1CO[C@H](CO[Si](C)(C)C(C)(C)C)C[C@H]1OCCO. The Morgan fingerprint density at radius 3 is 2.37 bits per heavy atom. The highest BCUT2D eigenvalue weighted by atomic mass is 28.4. The third-order valence-corrected chi connectivity index (χ3v) is 9.52. The molecule has 0 saturated carbocycles. The summed E-state index contributed by atoms with van der Waals surface area (Å²) in [7, 11) is -1.86. The van der Waals surface area contributed by atoms with Crippen molar-refractivity contribution in [2.24, 2.45) is 0 Å². The fourth-order valence-corrected chi connectivity index (χ4v) is 3.49. The van der Waals surface area contributed by atoms with Crippen molar-refractivity contribution in [3.8, 4) is 0 Å². The Morgan fingerprint density at radius 1 is 1.22 bits per heavy atom. The molecule has 0 radical (unpaired) electrons. The predicted molar refractivity (Wildman–Crippen MR) is 107 cm³/mol. The fourth-order valence-electron chi connectivity index (χ4n) is 2.45. The maximum atomic E-state index is 12.1. The zero-order chi connectivity index (χ0) is 20.9. The first-order valence-electron chi connectivity index (χ1n) is 9.73. The van der Waals surface area contributed by atoms with Gasteiger partial charge < -0.3 is 29.1 Å². The molecule has 160 valence electrons. The Kier molecular flexibility index (Phi) is 8.75. The van der Waals surface area contributed by atoms with Crippen LogP contribution >= 0.6 is 0 Å². The summed E-state index contributed by atoms with van der Waals surface area (Å²) in [6, 6.07) is -0.324. The van der Waals surface area contributed by atoms with Gasteiger partial charge in [0, 0.05) is 6.42 Å². The average molecular weight is 406 g/mol. The van der Waals surface area contributed by atoms with Crippen LogP contribution in [0.25, 0.3) is 0 Å². The summed E-state index contributed by atoms with van der Waals surface area (Å²) >= 11 is 0. The van der Waals surface area contributed by atoms with Crippen LogP contribution < -0.4 is 5.32 Å². The second-order valence-electron chi connectivity index (χ2n) is 9.65. The standard InChI is InChI=1S/C19H39NO6Si/c1-18(2,3)26-17(22)20-15-13-24-14(11-16(15)23-10-9-21)12-25-27(7,8)19(4,5)6/h14-16,21H,9-13H2,1-8H3,(H,20,22)/t14-,15-,16+/m0/s1. The van der Waals surface area contributed by atoms with Crippen LogP contribution in [0.4, 0.5) is 4.79 Å². The van der Waals surface area contributed by atoms with E-state index in [1.807, 2.05) is 20.8 Å². The number of rotatable bonds is 7. The molecule has 0 spiro atoms. The third kappa shape index (κ3) is 8.47. The van der Waals surface area contributed by atoms with Gasteiger partial charge in [-0.05, 0) is 38.9 Å². The van der Waals surface area contributed by atoms with Crippen molar-refractivity contribution in [2.75, 3.05) is 26.4 Å². The number of hydrogen-bond acceptors (Lipinski definition) is 6. The first-order chi connectivity index (χ1) is 12.2. The van der Waals surface area contributed by atoms with Crippen LogP contribution in [-0.2, 0) is 18.6 Å². The lowest BCUT2D eigenvalue weighted by atomic mass is 10.0. The fraction of sp³-hybridized carbons (Fsp3) is 0.947. The van der Waals surface area contributed by atoms with Crippen LogP contribution in [-0.4, -0.2) is 69.8 Å². The maximum absolute atomic E-state index is 12.1. The zero-order valence-corrected chi connectivity index (χ0v) is 19.3. The molecule has 8 heteroatoms. The van der Waals surface area contributed by atoms with Crippen molar-refractivity contribution in [3.63, 3.8) is 0 Å². The van der Waals surface area contributed by atoms with Gasteiger partial charge in [0.2, 0.25) is 0 Å². The highest BCUT2D eigenvalue weighted by Gasteiger charge is 2.39. The summed E-state index contributed by atoms with van der Waals surface area (Å²) < 4.78 is 23.3. The third-order valence-electron chi connectivity index (χ3n) is 5.02. The molecule has 0 unspecified atom stereocenters. The van der Waals surface area contributed by atoms with E-state index in [9.17, 15) is 4.79 Å². The number of hydrogen-bond donors (Lipinski definition) is 2. The Balaban J connectivity index is 2.64. The minimum Gasteiger partial charge on any atom is -0.444 e. The molecule has 1 amide bonds. The van der Waals surface area contributed by atoms with E-state index < -0.39 is 20.0 Å². The molecule has 1 aliphatic rings. The monoisotopic (exact) mass is 405 g/mol. The van der Waals surface area contributed by atoms with Crippen LogP contribution in [0.15, 0.2) is 0 Å². The second-order valence-corrected chi connectivity index (χ2v) is 14.5. The van der Waals surface area contributed by atoms with E-state index in [1.165, 1.54) is 0 Å². The lowest BCUT2D eigenvalue weighted by Crippen LogP contribution is -2.55. The minimum atomic E-state index is -1.86. The van der Waals surface area contributed by atoms with Gasteiger partial charge in [-0.25, -0.2) is 4.79 Å². The van der Waals surface area contributed by atoms with Crippen LogP contribution in [0.3, 0.4) is 0 Å². The highest BCUT2D eigenvalue weighted by Crippen LogP contribution is 2.37. The normalized spacial score (nSPS) is 24.6. The Morgan fingerprint density at radius 2 is 1.85 bits per heavy atom. The van der Waals surface area contributed by atoms with Gasteiger partial charge in [-0.3, -0.25) is 0 Å². The van der Waals surface area contributed by atoms with Crippen LogP contribution in [0.2, 0.25) is 18.1 Å². The lowest BCUT2D eigenvalue weighted by molar-refractivity contribution is -0.108. The van der Waals surface area contributed by atoms with Gasteiger partial charge in [-0.2, -0.15) is 0 Å². The Bertz CT molecular complexity index is 472. The van der Waals surface area contributed by atoms with Gasteiger partial charge in [-0.15, -0.1) is 0 Å². The minimum absolute atomic E-state index is 0.0678. The molecule has 1 fully saturated rings. The number of aliphatic hydroxyl groups excluding tert-OH is 1. The van der Waals surface area contributed by atoms with Gasteiger partial charge in [0.15, 0.2) is 8.32 Å². The molecule has 0 aromatic heterocycles. The molecule has 2 N–H and O–H groups in total. The summed E-state index contributed by atoms with van der Waals surface area (Å²) in [5.41, 5.74) is -0.569. The van der Waals surface area contributed by atoms with E-state index in [2.05, 4.69) is 39.2 Å². The van der Waals surface area contributed by atoms with Gasteiger partial charge >= 0.3 is 6.09 Å². The second kappa shape index (κ2) is 9.69. The number of carbonyl (C=O) groups excluding carboxylic acids is 1. The van der Waals surface area contributed by atoms with Crippen LogP contribution in [0, 0.1) is 0 Å². The Hall–Kier alpha value is -0.673. The average Bonchev–Trinajstić information content (AvgIpc) is 2.49. The predicted octanol–water partition coefficient (Wildman–Crippen LogP) is 3.07. The molecule has 1 rings (SSSR count). The van der Waals surface area contributed by atoms with Gasteiger partial charge in [0.05, 0.1) is 44.7 Å². The van der Waals surface area contributed by atoms with Crippen molar-refractivity contribution < 1.29 is 28.5 Å². The van der Waals surface area contributed by atoms with Crippen molar-refractivity contribution in [3.05, 3.63) is 0 Å².